The topological polar surface area (TPSA) is 84.9 Å². The molecule has 8 heteroatoms. The third-order valence-electron chi connectivity index (χ3n) is 8.89. The fourth-order valence-corrected chi connectivity index (χ4v) is 7.34. The highest BCUT2D eigenvalue weighted by Gasteiger charge is 2.70. The highest BCUT2D eigenvalue weighted by atomic mass is 79.9. The number of carbonyl (C=O) groups is 3. The Morgan fingerprint density at radius 2 is 1.63 bits per heavy atom. The normalized spacial score (nSPS) is 22.9. The van der Waals surface area contributed by atoms with Gasteiger partial charge in [-0.25, -0.2) is 0 Å². The number of para-hydroxylation sites is 2. The van der Waals surface area contributed by atoms with Crippen molar-refractivity contribution in [1.82, 2.24) is 0 Å². The van der Waals surface area contributed by atoms with Gasteiger partial charge in [0.05, 0.1) is 31.7 Å². The van der Waals surface area contributed by atoms with Crippen molar-refractivity contribution in [3.63, 3.8) is 0 Å². The van der Waals surface area contributed by atoms with Gasteiger partial charge >= 0.3 is 0 Å². The van der Waals surface area contributed by atoms with Crippen molar-refractivity contribution in [2.24, 2.45) is 5.92 Å². The zero-order valence-electron chi connectivity index (χ0n) is 23.4. The number of hydrogen-bond acceptors (Lipinski definition) is 6. The Morgan fingerprint density at radius 1 is 0.884 bits per heavy atom. The molecule has 3 aliphatic heterocycles. The van der Waals surface area contributed by atoms with E-state index in [9.17, 15) is 9.59 Å². The van der Waals surface area contributed by atoms with E-state index in [0.717, 1.165) is 15.7 Å². The number of hydrogen-bond donors (Lipinski definition) is 1. The number of Topliss-reactive ketones (excluding diaryl/α,β-unsaturated/α-hetero) is 2. The first-order chi connectivity index (χ1) is 20.9. The summed E-state index contributed by atoms with van der Waals surface area (Å²) in [7, 11) is 3.02. The number of ketones is 2. The van der Waals surface area contributed by atoms with Crippen LogP contribution in [0.25, 0.3) is 6.08 Å². The lowest BCUT2D eigenvalue weighted by Gasteiger charge is -2.37. The molecule has 1 spiro atoms. The molecule has 0 radical (unpaired) electrons. The Balaban J connectivity index is 1.55. The molecule has 1 N–H and O–H groups in total. The molecule has 1 amide bonds. The van der Waals surface area contributed by atoms with Crippen molar-refractivity contribution in [3.8, 4) is 11.5 Å². The van der Waals surface area contributed by atoms with Crippen LogP contribution in [0, 0.1) is 5.92 Å². The highest BCUT2D eigenvalue weighted by molar-refractivity contribution is 9.10. The lowest BCUT2D eigenvalue weighted by molar-refractivity contribution is -0.121. The summed E-state index contributed by atoms with van der Waals surface area (Å²) in [5.74, 6) is -1.27. The van der Waals surface area contributed by atoms with Gasteiger partial charge in [-0.1, -0.05) is 76.6 Å². The third kappa shape index (κ3) is 3.89. The first kappa shape index (κ1) is 27.2. The summed E-state index contributed by atoms with van der Waals surface area (Å²) in [5.41, 5.74) is 2.28. The second-order valence-electron chi connectivity index (χ2n) is 10.9. The molecular weight excluding hydrogens is 608 g/mol. The number of benzene rings is 4. The second kappa shape index (κ2) is 10.2. The van der Waals surface area contributed by atoms with Gasteiger partial charge in [0.2, 0.25) is 5.91 Å². The minimum absolute atomic E-state index is 0.245. The summed E-state index contributed by atoms with van der Waals surface area (Å²) in [4.78, 5) is 46.4. The maximum atomic E-state index is 15.1. The summed E-state index contributed by atoms with van der Waals surface area (Å²) in [6.07, 6.45) is 3.94. The number of amides is 1. The average Bonchev–Trinajstić information content (AvgIpc) is 3.52. The van der Waals surface area contributed by atoms with Crippen LogP contribution >= 0.6 is 15.9 Å². The maximum Gasteiger partial charge on any atom is 0.238 e. The van der Waals surface area contributed by atoms with E-state index in [0.29, 0.717) is 28.3 Å². The predicted molar refractivity (Wildman–Crippen MR) is 168 cm³/mol. The van der Waals surface area contributed by atoms with Gasteiger partial charge in [-0.15, -0.1) is 0 Å². The molecule has 1 saturated heterocycles. The largest absolute Gasteiger partial charge is 0.497 e. The minimum atomic E-state index is -1.42. The number of halogens is 1. The number of carbonyl (C=O) groups excluding carboxylic acids is 3. The van der Waals surface area contributed by atoms with Crippen LogP contribution in [0.1, 0.15) is 31.8 Å². The van der Waals surface area contributed by atoms with Crippen LogP contribution in [-0.2, 0) is 10.2 Å². The molecule has 4 unspecified atom stereocenters. The Hall–Kier alpha value is -4.69. The molecule has 7 nitrogen and oxygen atoms in total. The van der Waals surface area contributed by atoms with Crippen LogP contribution in [-0.4, -0.2) is 43.8 Å². The zero-order valence-corrected chi connectivity index (χ0v) is 25.0. The van der Waals surface area contributed by atoms with Gasteiger partial charge < -0.3 is 19.7 Å². The molecule has 4 aromatic rings. The van der Waals surface area contributed by atoms with Crippen LogP contribution in [0.2, 0.25) is 0 Å². The number of fused-ring (bicyclic) bond motifs is 6. The summed E-state index contributed by atoms with van der Waals surface area (Å²) in [6, 6.07) is 25.7. The Bertz CT molecular complexity index is 1830. The van der Waals surface area contributed by atoms with Crippen molar-refractivity contribution >= 4 is 50.9 Å². The summed E-state index contributed by atoms with van der Waals surface area (Å²) in [5, 5.41) is 3.06. The maximum absolute atomic E-state index is 15.1. The number of nitrogens with zero attached hydrogens (tertiary/aromatic N) is 1. The van der Waals surface area contributed by atoms with E-state index >= 15 is 4.79 Å². The number of ether oxygens (including phenoxy) is 2. The second-order valence-corrected chi connectivity index (χ2v) is 11.8. The van der Waals surface area contributed by atoms with Crippen LogP contribution in [0.4, 0.5) is 11.4 Å². The molecule has 0 aromatic heterocycles. The number of nitrogens with one attached hydrogen (secondary N) is 1. The van der Waals surface area contributed by atoms with Gasteiger partial charge in [0.1, 0.15) is 23.0 Å². The SMILES string of the molecule is COc1ccc(OC)c(C(=O)C2C(C(=O)c3ccc(Br)cc3)N3c4ccccc4C=CC3C23C(=O)Nc2ccccc23)c1. The van der Waals surface area contributed by atoms with Crippen LogP contribution in [0.15, 0.2) is 102 Å². The van der Waals surface area contributed by atoms with Crippen molar-refractivity contribution in [2.45, 2.75) is 17.5 Å². The molecule has 7 rings (SSSR count). The van der Waals surface area contributed by atoms with E-state index in [1.54, 1.807) is 42.5 Å². The molecule has 1 fully saturated rings. The minimum Gasteiger partial charge on any atom is -0.497 e. The summed E-state index contributed by atoms with van der Waals surface area (Å²) < 4.78 is 12.0. The lowest BCUT2D eigenvalue weighted by Crippen LogP contribution is -2.51. The van der Waals surface area contributed by atoms with E-state index in [2.05, 4.69) is 21.2 Å². The fraction of sp³-hybridized carbons (Fsp3) is 0.171. The fourth-order valence-electron chi connectivity index (χ4n) is 7.08. The van der Waals surface area contributed by atoms with E-state index in [-0.39, 0.29) is 23.0 Å². The molecule has 0 aliphatic carbocycles. The van der Waals surface area contributed by atoms with Crippen molar-refractivity contribution in [3.05, 3.63) is 124 Å². The highest BCUT2D eigenvalue weighted by Crippen LogP contribution is 2.58. The zero-order chi connectivity index (χ0) is 29.9. The van der Waals surface area contributed by atoms with E-state index in [1.165, 1.54) is 14.2 Å². The Labute approximate surface area is 257 Å². The predicted octanol–water partition coefficient (Wildman–Crippen LogP) is 6.32. The summed E-state index contributed by atoms with van der Waals surface area (Å²) >= 11 is 3.46. The van der Waals surface area contributed by atoms with Crippen molar-refractivity contribution in [1.29, 1.82) is 0 Å². The first-order valence-corrected chi connectivity index (χ1v) is 14.7. The van der Waals surface area contributed by atoms with Gasteiger partial charge in [-0.05, 0) is 53.6 Å². The summed E-state index contributed by atoms with van der Waals surface area (Å²) in [6.45, 7) is 0. The number of rotatable bonds is 6. The molecule has 0 bridgehead atoms. The molecule has 4 aromatic carbocycles. The van der Waals surface area contributed by atoms with Gasteiger partial charge in [-0.3, -0.25) is 14.4 Å². The third-order valence-corrected chi connectivity index (χ3v) is 9.42. The van der Waals surface area contributed by atoms with Crippen LogP contribution in [0.5, 0.6) is 11.5 Å². The van der Waals surface area contributed by atoms with Crippen molar-refractivity contribution in [2.75, 3.05) is 24.4 Å². The quantitative estimate of drug-likeness (QED) is 0.250. The number of methoxy groups -OCH3 is 2. The average molecular weight is 636 g/mol. The smallest absolute Gasteiger partial charge is 0.238 e. The van der Waals surface area contributed by atoms with Gasteiger partial charge in [-0.2, -0.15) is 0 Å². The van der Waals surface area contributed by atoms with Gasteiger partial charge in [0.15, 0.2) is 11.6 Å². The molecule has 3 heterocycles. The molecule has 43 heavy (non-hydrogen) atoms. The lowest BCUT2D eigenvalue weighted by atomic mass is 9.64. The van der Waals surface area contributed by atoms with Crippen molar-refractivity contribution < 1.29 is 23.9 Å². The molecule has 0 saturated carbocycles. The molecule has 3 aliphatic rings. The molecule has 214 valence electrons. The monoisotopic (exact) mass is 634 g/mol. The Kier molecular flexibility index (Phi) is 6.47. The van der Waals surface area contributed by atoms with E-state index < -0.39 is 23.4 Å². The molecule has 4 atom stereocenters. The van der Waals surface area contributed by atoms with E-state index in [1.807, 2.05) is 65.6 Å². The van der Waals surface area contributed by atoms with Gasteiger partial charge in [0, 0.05) is 21.4 Å². The van der Waals surface area contributed by atoms with Crippen LogP contribution in [0.3, 0.4) is 0 Å². The number of anilines is 2. The standard InChI is InChI=1S/C35H27BrN2O5/c1-42-23-16-17-28(43-2)24(19-23)33(40)30-31(32(39)21-11-14-22(36)15-12-21)38-27-10-6-3-7-20(27)13-18-29(38)35(30)25-8-4-5-9-26(25)37-34(35)41/h3-19,29-31H,1-2H3,(H,37,41). The first-order valence-electron chi connectivity index (χ1n) is 13.9. The van der Waals surface area contributed by atoms with Gasteiger partial charge in [0.25, 0.3) is 0 Å². The van der Waals surface area contributed by atoms with E-state index in [4.69, 9.17) is 9.47 Å². The Morgan fingerprint density at radius 3 is 2.40 bits per heavy atom. The van der Waals surface area contributed by atoms with Crippen LogP contribution < -0.4 is 19.7 Å². The molecular formula is C35H27BrN2O5.